The minimum atomic E-state index is -3.68. The van der Waals surface area contributed by atoms with E-state index >= 15 is 0 Å². The quantitative estimate of drug-likeness (QED) is 0.616. The van der Waals surface area contributed by atoms with Crippen LogP contribution >= 0.6 is 0 Å². The minimum Gasteiger partial charge on any atom is -0.435 e. The molecule has 4 rings (SSSR count). The number of allylic oxidation sites excluding steroid dienone is 1. The number of nitrogens with zero attached hydrogens (tertiary/aromatic N) is 2. The number of aryl methyl sites for hydroxylation is 1. The molecular formula is C21H19F2N3O3S. The second kappa shape index (κ2) is 8.37. The molecule has 0 aliphatic heterocycles. The number of rotatable bonds is 7. The maximum Gasteiger partial charge on any atom is 0.387 e. The Labute approximate surface area is 172 Å². The van der Waals surface area contributed by atoms with Crippen molar-refractivity contribution in [3.63, 3.8) is 0 Å². The zero-order chi connectivity index (χ0) is 21.1. The van der Waals surface area contributed by atoms with Gasteiger partial charge in [-0.2, -0.15) is 13.9 Å². The zero-order valence-electron chi connectivity index (χ0n) is 15.8. The van der Waals surface area contributed by atoms with Crippen LogP contribution in [0.15, 0.2) is 65.8 Å². The lowest BCUT2D eigenvalue weighted by molar-refractivity contribution is -0.0498. The van der Waals surface area contributed by atoms with Crippen LogP contribution in [0.25, 0.3) is 11.8 Å². The summed E-state index contributed by atoms with van der Waals surface area (Å²) in [6, 6.07) is 13.8. The van der Waals surface area contributed by atoms with E-state index in [1.807, 2.05) is 36.5 Å². The molecule has 1 aliphatic rings. The summed E-state index contributed by atoms with van der Waals surface area (Å²) in [6.07, 6.45) is 5.77. The Bertz CT molecular complexity index is 1180. The average Bonchev–Trinajstić information content (AvgIpc) is 3.27. The highest BCUT2D eigenvalue weighted by Crippen LogP contribution is 2.30. The van der Waals surface area contributed by atoms with Crippen molar-refractivity contribution in [1.29, 1.82) is 0 Å². The molecule has 1 aliphatic carbocycles. The van der Waals surface area contributed by atoms with Gasteiger partial charge in [-0.15, -0.1) is 0 Å². The summed E-state index contributed by atoms with van der Waals surface area (Å²) >= 11 is 0. The second-order valence-corrected chi connectivity index (χ2v) is 8.61. The third-order valence-electron chi connectivity index (χ3n) is 4.79. The number of sulfonamides is 1. The molecule has 156 valence electrons. The first-order valence-corrected chi connectivity index (χ1v) is 10.8. The monoisotopic (exact) mass is 431 g/mol. The topological polar surface area (TPSA) is 73.2 Å². The Morgan fingerprint density at radius 1 is 1.13 bits per heavy atom. The van der Waals surface area contributed by atoms with E-state index in [9.17, 15) is 17.2 Å². The van der Waals surface area contributed by atoms with E-state index in [0.29, 0.717) is 12.0 Å². The van der Waals surface area contributed by atoms with Gasteiger partial charge in [-0.1, -0.05) is 18.2 Å². The SMILES string of the molecule is O=S(=O)(NCc1cccc(-n2cccn2)c1)C1=Cc2ccc(OC(F)F)cc2CC1. The summed E-state index contributed by atoms with van der Waals surface area (Å²) in [5.74, 6) is 0.0682. The van der Waals surface area contributed by atoms with Gasteiger partial charge in [-0.05, 0) is 65.9 Å². The van der Waals surface area contributed by atoms with Gasteiger partial charge in [-0.3, -0.25) is 0 Å². The highest BCUT2D eigenvalue weighted by atomic mass is 32.2. The Balaban J connectivity index is 1.48. The van der Waals surface area contributed by atoms with Crippen molar-refractivity contribution in [2.24, 2.45) is 0 Å². The summed E-state index contributed by atoms with van der Waals surface area (Å²) < 4.78 is 59.0. The molecule has 0 amide bonds. The number of ether oxygens (including phenoxy) is 1. The molecule has 0 saturated heterocycles. The fourth-order valence-corrected chi connectivity index (χ4v) is 4.53. The predicted octanol–water partition coefficient (Wildman–Crippen LogP) is 3.88. The van der Waals surface area contributed by atoms with Crippen molar-refractivity contribution >= 4 is 16.1 Å². The van der Waals surface area contributed by atoms with Crippen LogP contribution in [0, 0.1) is 0 Å². The molecule has 0 bridgehead atoms. The molecule has 1 N–H and O–H groups in total. The first kappa shape index (κ1) is 20.2. The first-order valence-electron chi connectivity index (χ1n) is 9.28. The van der Waals surface area contributed by atoms with Crippen LogP contribution in [0.5, 0.6) is 5.75 Å². The van der Waals surface area contributed by atoms with Gasteiger partial charge in [0.2, 0.25) is 10.0 Å². The van der Waals surface area contributed by atoms with Crippen molar-refractivity contribution in [3.05, 3.63) is 82.5 Å². The van der Waals surface area contributed by atoms with Gasteiger partial charge in [0.05, 0.1) is 10.6 Å². The number of nitrogens with one attached hydrogen (secondary N) is 1. The van der Waals surface area contributed by atoms with Gasteiger partial charge in [0, 0.05) is 18.9 Å². The van der Waals surface area contributed by atoms with E-state index < -0.39 is 16.6 Å². The molecule has 0 atom stereocenters. The highest BCUT2D eigenvalue weighted by Gasteiger charge is 2.22. The number of hydrogen-bond acceptors (Lipinski definition) is 4. The number of hydrogen-bond donors (Lipinski definition) is 1. The largest absolute Gasteiger partial charge is 0.435 e. The molecule has 30 heavy (non-hydrogen) atoms. The van der Waals surface area contributed by atoms with Crippen molar-refractivity contribution in [2.45, 2.75) is 26.0 Å². The summed E-state index contributed by atoms with van der Waals surface area (Å²) in [6.45, 7) is -2.75. The van der Waals surface area contributed by atoms with Crippen LogP contribution in [0.3, 0.4) is 0 Å². The lowest BCUT2D eigenvalue weighted by Crippen LogP contribution is -2.25. The number of halogens is 2. The van der Waals surface area contributed by atoms with E-state index in [4.69, 9.17) is 0 Å². The van der Waals surface area contributed by atoms with Gasteiger partial charge in [0.25, 0.3) is 0 Å². The van der Waals surface area contributed by atoms with Gasteiger partial charge in [-0.25, -0.2) is 17.8 Å². The van der Waals surface area contributed by atoms with Crippen molar-refractivity contribution in [1.82, 2.24) is 14.5 Å². The standard InChI is InChI=1S/C21H19F2N3O3S/c22-21(23)29-19-7-5-17-13-20(8-6-16(17)12-19)30(27,28)25-14-15-3-1-4-18(11-15)26-10-2-9-24-26/h1-5,7,9-13,21,25H,6,8,14H2. The van der Waals surface area contributed by atoms with Crippen LogP contribution in [-0.2, 0) is 23.0 Å². The molecule has 1 heterocycles. The van der Waals surface area contributed by atoms with E-state index in [2.05, 4.69) is 14.6 Å². The second-order valence-electron chi connectivity index (χ2n) is 6.79. The Morgan fingerprint density at radius 2 is 2.00 bits per heavy atom. The van der Waals surface area contributed by atoms with Gasteiger partial charge in [0.15, 0.2) is 0 Å². The van der Waals surface area contributed by atoms with Crippen molar-refractivity contribution in [3.8, 4) is 11.4 Å². The molecule has 3 aromatic rings. The molecule has 0 radical (unpaired) electrons. The molecule has 0 fully saturated rings. The average molecular weight is 431 g/mol. The summed E-state index contributed by atoms with van der Waals surface area (Å²) in [5, 5.41) is 4.17. The van der Waals surface area contributed by atoms with Crippen LogP contribution in [0.2, 0.25) is 0 Å². The first-order chi connectivity index (χ1) is 14.4. The van der Waals surface area contributed by atoms with Gasteiger partial charge >= 0.3 is 6.61 Å². The van der Waals surface area contributed by atoms with E-state index in [1.165, 1.54) is 12.1 Å². The Hall–Kier alpha value is -3.04. The van der Waals surface area contributed by atoms with Crippen LogP contribution < -0.4 is 9.46 Å². The number of aromatic nitrogens is 2. The van der Waals surface area contributed by atoms with E-state index in [1.54, 1.807) is 23.0 Å². The van der Waals surface area contributed by atoms with Gasteiger partial charge in [0.1, 0.15) is 5.75 Å². The molecule has 6 nitrogen and oxygen atoms in total. The highest BCUT2D eigenvalue weighted by molar-refractivity contribution is 7.93. The van der Waals surface area contributed by atoms with Crippen LogP contribution in [0.1, 0.15) is 23.1 Å². The van der Waals surface area contributed by atoms with E-state index in [0.717, 1.165) is 16.8 Å². The summed E-state index contributed by atoms with van der Waals surface area (Å²) in [4.78, 5) is 0.265. The molecule has 0 saturated carbocycles. The van der Waals surface area contributed by atoms with Crippen LogP contribution in [0.4, 0.5) is 8.78 Å². The molecule has 0 unspecified atom stereocenters. The van der Waals surface area contributed by atoms with Crippen molar-refractivity contribution in [2.75, 3.05) is 0 Å². The molecule has 1 aromatic heterocycles. The number of fused-ring (bicyclic) bond motifs is 1. The maximum atomic E-state index is 12.8. The molecule has 2 aromatic carbocycles. The molecular weight excluding hydrogens is 412 g/mol. The Morgan fingerprint density at radius 3 is 2.77 bits per heavy atom. The van der Waals surface area contributed by atoms with E-state index in [-0.39, 0.29) is 23.6 Å². The fraction of sp³-hybridized carbons (Fsp3) is 0.190. The lowest BCUT2D eigenvalue weighted by Gasteiger charge is -2.18. The molecule has 9 heteroatoms. The minimum absolute atomic E-state index is 0.0682. The van der Waals surface area contributed by atoms with Crippen LogP contribution in [-0.4, -0.2) is 24.8 Å². The molecule has 0 spiro atoms. The zero-order valence-corrected chi connectivity index (χ0v) is 16.6. The smallest absolute Gasteiger partial charge is 0.387 e. The number of benzene rings is 2. The normalized spacial score (nSPS) is 13.8. The maximum absolute atomic E-state index is 12.8. The third-order valence-corrected chi connectivity index (χ3v) is 6.32. The Kier molecular flexibility index (Phi) is 5.65. The predicted molar refractivity (Wildman–Crippen MR) is 109 cm³/mol. The fourth-order valence-electron chi connectivity index (χ4n) is 3.33. The lowest BCUT2D eigenvalue weighted by atomic mass is 9.97. The summed E-state index contributed by atoms with van der Waals surface area (Å²) in [5.41, 5.74) is 3.10. The van der Waals surface area contributed by atoms with Gasteiger partial charge < -0.3 is 4.74 Å². The number of alkyl halides is 2. The third kappa shape index (κ3) is 4.58. The summed E-state index contributed by atoms with van der Waals surface area (Å²) in [7, 11) is -3.68. The van der Waals surface area contributed by atoms with Crippen molar-refractivity contribution < 1.29 is 21.9 Å².